The van der Waals surface area contributed by atoms with Gasteiger partial charge >= 0.3 is 0 Å². The van der Waals surface area contributed by atoms with E-state index in [-0.39, 0.29) is 5.75 Å². The van der Waals surface area contributed by atoms with Gasteiger partial charge in [0.1, 0.15) is 11.4 Å². The Kier molecular flexibility index (Phi) is 2.01. The fourth-order valence-corrected chi connectivity index (χ4v) is 1.77. The number of anilines is 1. The highest BCUT2D eigenvalue weighted by atomic mass is 16.3. The number of nitrogens with zero attached hydrogens (tertiary/aromatic N) is 2. The molecule has 0 aliphatic rings. The summed E-state index contributed by atoms with van der Waals surface area (Å²) in [5, 5.41) is 9.38. The number of hydrogen-bond donors (Lipinski definition) is 2. The lowest BCUT2D eigenvalue weighted by atomic mass is 10.1. The minimum atomic E-state index is 0.221. The first kappa shape index (κ1) is 9.72. The lowest BCUT2D eigenvalue weighted by Crippen LogP contribution is -1.83. The van der Waals surface area contributed by atoms with Crippen LogP contribution in [0.15, 0.2) is 48.8 Å². The molecular weight excluding hydrogens is 214 g/mol. The van der Waals surface area contributed by atoms with Gasteiger partial charge in [0.15, 0.2) is 0 Å². The fourth-order valence-electron chi connectivity index (χ4n) is 1.77. The van der Waals surface area contributed by atoms with Crippen LogP contribution in [0.5, 0.6) is 5.75 Å². The largest absolute Gasteiger partial charge is 0.506 e. The van der Waals surface area contributed by atoms with Gasteiger partial charge in [-0.3, -0.25) is 0 Å². The zero-order valence-corrected chi connectivity index (χ0v) is 9.04. The van der Waals surface area contributed by atoms with Gasteiger partial charge in [-0.05, 0) is 24.3 Å². The van der Waals surface area contributed by atoms with Crippen LogP contribution >= 0.6 is 0 Å². The molecule has 1 aromatic carbocycles. The van der Waals surface area contributed by atoms with Crippen LogP contribution in [0.2, 0.25) is 0 Å². The molecule has 0 bridgehead atoms. The van der Waals surface area contributed by atoms with Gasteiger partial charge in [0.25, 0.3) is 0 Å². The van der Waals surface area contributed by atoms with Crippen LogP contribution < -0.4 is 5.73 Å². The minimum Gasteiger partial charge on any atom is -0.506 e. The number of imidazole rings is 1. The molecule has 0 amide bonds. The molecule has 3 aromatic rings. The summed E-state index contributed by atoms with van der Waals surface area (Å²) >= 11 is 0. The third-order valence-electron chi connectivity index (χ3n) is 2.64. The number of fused-ring (bicyclic) bond motifs is 1. The number of pyridine rings is 1. The Bertz CT molecular complexity index is 671. The second-order valence-electron chi connectivity index (χ2n) is 3.90. The highest BCUT2D eigenvalue weighted by molar-refractivity contribution is 5.64. The number of aromatic nitrogens is 2. The van der Waals surface area contributed by atoms with Gasteiger partial charge in [0, 0.05) is 17.4 Å². The van der Waals surface area contributed by atoms with Crippen LogP contribution in [0, 0.1) is 0 Å². The van der Waals surface area contributed by atoms with Crippen molar-refractivity contribution in [2.45, 2.75) is 0 Å². The summed E-state index contributed by atoms with van der Waals surface area (Å²) in [6.45, 7) is 0. The smallest absolute Gasteiger partial charge is 0.137 e. The van der Waals surface area contributed by atoms with Crippen molar-refractivity contribution in [3.63, 3.8) is 0 Å². The molecule has 0 saturated carbocycles. The molecule has 2 heterocycles. The van der Waals surface area contributed by atoms with E-state index in [0.717, 1.165) is 22.6 Å². The molecule has 0 aliphatic carbocycles. The summed E-state index contributed by atoms with van der Waals surface area (Å²) < 4.78 is 1.79. The second kappa shape index (κ2) is 3.52. The van der Waals surface area contributed by atoms with Crippen molar-refractivity contribution in [2.24, 2.45) is 0 Å². The molecule has 0 unspecified atom stereocenters. The van der Waals surface area contributed by atoms with Gasteiger partial charge in [-0.15, -0.1) is 0 Å². The molecule has 0 spiro atoms. The predicted octanol–water partition coefficient (Wildman–Crippen LogP) is 2.29. The van der Waals surface area contributed by atoms with Crippen molar-refractivity contribution < 1.29 is 5.11 Å². The zero-order chi connectivity index (χ0) is 11.8. The summed E-state index contributed by atoms with van der Waals surface area (Å²) in [5.74, 6) is 0.221. The quantitative estimate of drug-likeness (QED) is 0.624. The molecule has 2 aromatic heterocycles. The van der Waals surface area contributed by atoms with Crippen LogP contribution in [-0.4, -0.2) is 14.5 Å². The Morgan fingerprint density at radius 2 is 1.76 bits per heavy atom. The van der Waals surface area contributed by atoms with E-state index in [2.05, 4.69) is 4.98 Å². The zero-order valence-electron chi connectivity index (χ0n) is 9.04. The Labute approximate surface area is 98.0 Å². The summed E-state index contributed by atoms with van der Waals surface area (Å²) in [6, 6.07) is 10.9. The van der Waals surface area contributed by atoms with Gasteiger partial charge in [0.2, 0.25) is 0 Å². The van der Waals surface area contributed by atoms with Crippen LogP contribution in [0.3, 0.4) is 0 Å². The third kappa shape index (κ3) is 1.69. The number of aromatic hydroxyl groups is 1. The Morgan fingerprint density at radius 3 is 2.53 bits per heavy atom. The molecule has 3 N–H and O–H groups in total. The van der Waals surface area contributed by atoms with E-state index in [0.29, 0.717) is 0 Å². The van der Waals surface area contributed by atoms with Crippen molar-refractivity contribution in [1.29, 1.82) is 0 Å². The van der Waals surface area contributed by atoms with E-state index in [4.69, 9.17) is 5.73 Å². The maximum Gasteiger partial charge on any atom is 0.137 e. The van der Waals surface area contributed by atoms with Gasteiger partial charge < -0.3 is 15.2 Å². The molecule has 0 radical (unpaired) electrons. The number of nitrogen functional groups attached to an aromatic ring is 1. The average Bonchev–Trinajstić information content (AvgIpc) is 2.72. The maximum absolute atomic E-state index is 9.38. The van der Waals surface area contributed by atoms with Gasteiger partial charge in [0.05, 0.1) is 11.9 Å². The maximum atomic E-state index is 9.38. The number of rotatable bonds is 1. The first-order valence-corrected chi connectivity index (χ1v) is 5.26. The molecule has 0 fully saturated rings. The van der Waals surface area contributed by atoms with Crippen LogP contribution in [-0.2, 0) is 0 Å². The normalized spacial score (nSPS) is 10.8. The van der Waals surface area contributed by atoms with E-state index < -0.39 is 0 Å². The van der Waals surface area contributed by atoms with Crippen LogP contribution in [0.4, 0.5) is 5.69 Å². The summed E-state index contributed by atoms with van der Waals surface area (Å²) in [7, 11) is 0. The van der Waals surface area contributed by atoms with E-state index in [1.54, 1.807) is 22.7 Å². The standard InChI is InChI=1S/C13H11N3O/c14-10-3-1-9(2-4-10)12-8-16-7-11(17)5-6-13(16)15-12/h1-8,17H,14H2. The summed E-state index contributed by atoms with van der Waals surface area (Å²) in [4.78, 5) is 4.46. The highest BCUT2D eigenvalue weighted by Gasteiger charge is 2.04. The fraction of sp³-hybridized carbons (Fsp3) is 0. The molecule has 0 aliphatic heterocycles. The molecule has 4 nitrogen and oxygen atoms in total. The van der Waals surface area contributed by atoms with Crippen molar-refractivity contribution >= 4 is 11.3 Å². The third-order valence-corrected chi connectivity index (χ3v) is 2.64. The minimum absolute atomic E-state index is 0.221. The van der Waals surface area contributed by atoms with Gasteiger partial charge in [-0.1, -0.05) is 12.1 Å². The van der Waals surface area contributed by atoms with Gasteiger partial charge in [-0.2, -0.15) is 0 Å². The molecule has 0 atom stereocenters. The number of nitrogens with two attached hydrogens (primary N) is 1. The topological polar surface area (TPSA) is 63.5 Å². The lowest BCUT2D eigenvalue weighted by Gasteiger charge is -1.96. The molecular formula is C13H11N3O. The van der Waals surface area contributed by atoms with Crippen LogP contribution in [0.1, 0.15) is 0 Å². The van der Waals surface area contributed by atoms with Gasteiger partial charge in [-0.25, -0.2) is 4.98 Å². The molecule has 3 rings (SSSR count). The Balaban J connectivity index is 2.14. The summed E-state index contributed by atoms with van der Waals surface area (Å²) in [6.07, 6.45) is 3.50. The molecule has 17 heavy (non-hydrogen) atoms. The molecule has 0 saturated heterocycles. The van der Waals surface area contributed by atoms with E-state index in [1.807, 2.05) is 30.5 Å². The second-order valence-corrected chi connectivity index (χ2v) is 3.90. The van der Waals surface area contributed by atoms with Crippen molar-refractivity contribution in [3.8, 4) is 17.0 Å². The predicted molar refractivity (Wildman–Crippen MR) is 66.7 cm³/mol. The molecule has 84 valence electrons. The van der Waals surface area contributed by atoms with Crippen molar-refractivity contribution in [1.82, 2.24) is 9.38 Å². The Hall–Kier alpha value is -2.49. The van der Waals surface area contributed by atoms with E-state index in [1.165, 1.54) is 0 Å². The van der Waals surface area contributed by atoms with E-state index >= 15 is 0 Å². The van der Waals surface area contributed by atoms with E-state index in [9.17, 15) is 5.11 Å². The number of benzene rings is 1. The monoisotopic (exact) mass is 225 g/mol. The Morgan fingerprint density at radius 1 is 1.00 bits per heavy atom. The van der Waals surface area contributed by atoms with Crippen molar-refractivity contribution in [3.05, 3.63) is 48.8 Å². The highest BCUT2D eigenvalue weighted by Crippen LogP contribution is 2.21. The summed E-state index contributed by atoms with van der Waals surface area (Å²) in [5.41, 5.74) is 9.03. The van der Waals surface area contributed by atoms with Crippen molar-refractivity contribution in [2.75, 3.05) is 5.73 Å². The number of hydrogen-bond acceptors (Lipinski definition) is 3. The lowest BCUT2D eigenvalue weighted by molar-refractivity contribution is 0.472. The first-order chi connectivity index (χ1) is 8.22. The average molecular weight is 225 g/mol. The first-order valence-electron chi connectivity index (χ1n) is 5.26. The SMILES string of the molecule is Nc1ccc(-c2cn3cc(O)ccc3n2)cc1. The molecule has 4 heteroatoms. The van der Waals surface area contributed by atoms with Crippen LogP contribution in [0.25, 0.3) is 16.9 Å².